The van der Waals surface area contributed by atoms with Gasteiger partial charge in [-0.2, -0.15) is 0 Å². The van der Waals surface area contributed by atoms with Crippen LogP contribution in [0, 0.1) is 5.92 Å². The van der Waals surface area contributed by atoms with E-state index in [1.54, 1.807) is 6.07 Å². The molecule has 0 unspecified atom stereocenters. The van der Waals surface area contributed by atoms with Crippen LogP contribution in [-0.2, 0) is 11.3 Å². The first-order valence-corrected chi connectivity index (χ1v) is 11.8. The van der Waals surface area contributed by atoms with Crippen LogP contribution in [0.5, 0.6) is 11.5 Å². The van der Waals surface area contributed by atoms with Gasteiger partial charge in [0.1, 0.15) is 6.04 Å². The van der Waals surface area contributed by atoms with Crippen LogP contribution in [-0.4, -0.2) is 34.2 Å². The summed E-state index contributed by atoms with van der Waals surface area (Å²) in [7, 11) is 0. The Balaban J connectivity index is 1.26. The summed E-state index contributed by atoms with van der Waals surface area (Å²) in [5, 5.41) is 6.64. The maximum Gasteiger partial charge on any atom is 0.251 e. The predicted molar refractivity (Wildman–Crippen MR) is 129 cm³/mol. The van der Waals surface area contributed by atoms with Crippen molar-refractivity contribution >= 4 is 33.4 Å². The van der Waals surface area contributed by atoms with E-state index >= 15 is 0 Å². The van der Waals surface area contributed by atoms with Crippen LogP contribution >= 0.6 is 11.3 Å². The van der Waals surface area contributed by atoms with E-state index in [1.165, 1.54) is 11.3 Å². The van der Waals surface area contributed by atoms with Gasteiger partial charge in [0.05, 0.1) is 10.2 Å². The van der Waals surface area contributed by atoms with E-state index in [9.17, 15) is 9.59 Å². The number of hydrogen-bond acceptors (Lipinski definition) is 6. The van der Waals surface area contributed by atoms with Crippen molar-refractivity contribution in [1.82, 2.24) is 20.2 Å². The maximum atomic E-state index is 13.0. The first kappa shape index (κ1) is 22.0. The Morgan fingerprint density at radius 2 is 1.88 bits per heavy atom. The van der Waals surface area contributed by atoms with Crippen molar-refractivity contribution < 1.29 is 19.1 Å². The SMILES string of the molecule is CC(C)[C@@H](NC(=O)c1ccc2nc(-n3cccc3)sc2c1)C(=O)NCc1ccc2c(c1)OCO2. The minimum Gasteiger partial charge on any atom is -0.454 e. The van der Waals surface area contributed by atoms with Gasteiger partial charge in [-0.05, 0) is 53.9 Å². The number of rotatable bonds is 7. The van der Waals surface area contributed by atoms with Crippen LogP contribution < -0.4 is 20.1 Å². The lowest BCUT2D eigenvalue weighted by Crippen LogP contribution is -2.49. The van der Waals surface area contributed by atoms with Gasteiger partial charge in [-0.1, -0.05) is 31.3 Å². The smallest absolute Gasteiger partial charge is 0.251 e. The Hall–Kier alpha value is -3.85. The topological polar surface area (TPSA) is 94.5 Å². The fourth-order valence-electron chi connectivity index (χ4n) is 3.74. The molecule has 0 saturated carbocycles. The molecule has 2 amide bonds. The Bertz CT molecular complexity index is 1350. The molecule has 0 spiro atoms. The van der Waals surface area contributed by atoms with Crippen molar-refractivity contribution in [1.29, 1.82) is 0 Å². The molecule has 2 aromatic carbocycles. The number of hydrogen-bond donors (Lipinski definition) is 2. The maximum absolute atomic E-state index is 13.0. The first-order valence-electron chi connectivity index (χ1n) is 11.0. The molecule has 9 heteroatoms. The Labute approximate surface area is 200 Å². The second-order valence-electron chi connectivity index (χ2n) is 8.37. The van der Waals surface area contributed by atoms with Gasteiger partial charge in [0.15, 0.2) is 16.6 Å². The fourth-order valence-corrected chi connectivity index (χ4v) is 4.71. The van der Waals surface area contributed by atoms with Gasteiger partial charge in [0.25, 0.3) is 5.91 Å². The lowest BCUT2D eigenvalue weighted by Gasteiger charge is -2.22. The minimum absolute atomic E-state index is 0.0896. The van der Waals surface area contributed by atoms with Gasteiger partial charge >= 0.3 is 0 Å². The highest BCUT2D eigenvalue weighted by atomic mass is 32.1. The third-order valence-corrected chi connectivity index (χ3v) is 6.64. The molecule has 34 heavy (non-hydrogen) atoms. The quantitative estimate of drug-likeness (QED) is 0.422. The Morgan fingerprint density at radius 1 is 1.09 bits per heavy atom. The molecule has 0 radical (unpaired) electrons. The van der Waals surface area contributed by atoms with Crippen LogP contribution in [0.4, 0.5) is 0 Å². The van der Waals surface area contributed by atoms with Crippen molar-refractivity contribution in [3.8, 4) is 16.6 Å². The summed E-state index contributed by atoms with van der Waals surface area (Å²) < 4.78 is 13.6. The van der Waals surface area contributed by atoms with Crippen molar-refractivity contribution in [2.45, 2.75) is 26.4 Å². The summed E-state index contributed by atoms with van der Waals surface area (Å²) in [5.74, 6) is 0.734. The molecule has 8 nitrogen and oxygen atoms in total. The molecular weight excluding hydrogens is 452 g/mol. The van der Waals surface area contributed by atoms with Crippen LogP contribution in [0.3, 0.4) is 0 Å². The van der Waals surface area contributed by atoms with E-state index in [1.807, 2.05) is 73.3 Å². The van der Waals surface area contributed by atoms with Crippen molar-refractivity contribution in [3.63, 3.8) is 0 Å². The van der Waals surface area contributed by atoms with Crippen LogP contribution in [0.15, 0.2) is 60.9 Å². The zero-order chi connectivity index (χ0) is 23.7. The third kappa shape index (κ3) is 4.47. The zero-order valence-electron chi connectivity index (χ0n) is 18.8. The lowest BCUT2D eigenvalue weighted by atomic mass is 10.0. The van der Waals surface area contributed by atoms with E-state index in [4.69, 9.17) is 9.47 Å². The standard InChI is InChI=1S/C25H24N4O4S/c1-15(2)22(24(31)26-13-16-5-8-19-20(11-16)33-14-32-19)28-23(30)17-6-7-18-21(12-17)34-25(27-18)29-9-3-4-10-29/h3-12,15,22H,13-14H2,1-2H3,(H,26,31)(H,28,30)/t22-/m1/s1. The molecular formula is C25H24N4O4S. The van der Waals surface area contributed by atoms with Crippen LogP contribution in [0.2, 0.25) is 0 Å². The lowest BCUT2D eigenvalue weighted by molar-refractivity contribution is -0.124. The molecule has 0 bridgehead atoms. The second-order valence-corrected chi connectivity index (χ2v) is 9.38. The minimum atomic E-state index is -0.672. The summed E-state index contributed by atoms with van der Waals surface area (Å²) in [6.07, 6.45) is 3.86. The van der Waals surface area contributed by atoms with Crippen LogP contribution in [0.25, 0.3) is 15.3 Å². The van der Waals surface area contributed by atoms with E-state index in [2.05, 4.69) is 15.6 Å². The summed E-state index contributed by atoms with van der Waals surface area (Å²) in [5.41, 5.74) is 2.21. The Kier molecular flexibility index (Phi) is 5.93. The molecule has 0 aliphatic carbocycles. The molecule has 1 aliphatic rings. The summed E-state index contributed by atoms with van der Waals surface area (Å²) >= 11 is 1.51. The molecule has 1 atom stereocenters. The van der Waals surface area contributed by atoms with E-state index in [0.29, 0.717) is 23.6 Å². The molecule has 4 aromatic rings. The molecule has 0 fully saturated rings. The number of ether oxygens (including phenoxy) is 2. The first-order chi connectivity index (χ1) is 16.5. The van der Waals surface area contributed by atoms with Gasteiger partial charge in [0, 0.05) is 24.5 Å². The Morgan fingerprint density at radius 3 is 2.68 bits per heavy atom. The zero-order valence-corrected chi connectivity index (χ0v) is 19.6. The summed E-state index contributed by atoms with van der Waals surface area (Å²) in [6.45, 7) is 4.33. The largest absolute Gasteiger partial charge is 0.454 e. The summed E-state index contributed by atoms with van der Waals surface area (Å²) in [6, 6.07) is 14.1. The number of amides is 2. The molecule has 3 heterocycles. The number of carbonyl (C=O) groups excluding carboxylic acids is 2. The third-order valence-electron chi connectivity index (χ3n) is 5.60. The van der Waals surface area contributed by atoms with Crippen LogP contribution in [0.1, 0.15) is 29.8 Å². The van der Waals surface area contributed by atoms with Gasteiger partial charge in [0.2, 0.25) is 12.7 Å². The van der Waals surface area contributed by atoms with Crippen molar-refractivity contribution in [2.75, 3.05) is 6.79 Å². The van der Waals surface area contributed by atoms with E-state index < -0.39 is 6.04 Å². The van der Waals surface area contributed by atoms with Gasteiger partial charge in [-0.15, -0.1) is 0 Å². The number of carbonyl (C=O) groups is 2. The molecule has 0 saturated heterocycles. The number of aromatic nitrogens is 2. The number of nitrogens with zero attached hydrogens (tertiary/aromatic N) is 2. The molecule has 174 valence electrons. The van der Waals surface area contributed by atoms with Crippen molar-refractivity contribution in [2.24, 2.45) is 5.92 Å². The molecule has 5 rings (SSSR count). The average molecular weight is 477 g/mol. The van der Waals surface area contributed by atoms with E-state index in [-0.39, 0.29) is 24.5 Å². The fraction of sp³-hybridized carbons (Fsp3) is 0.240. The van der Waals surface area contributed by atoms with Gasteiger partial charge in [-0.25, -0.2) is 4.98 Å². The number of thiazole rings is 1. The second kappa shape index (κ2) is 9.18. The van der Waals surface area contributed by atoms with Crippen molar-refractivity contribution in [3.05, 3.63) is 72.1 Å². The average Bonchev–Trinajstić information content (AvgIpc) is 3.59. The highest BCUT2D eigenvalue weighted by molar-refractivity contribution is 7.20. The molecule has 1 aliphatic heterocycles. The van der Waals surface area contributed by atoms with E-state index in [0.717, 1.165) is 20.9 Å². The number of benzene rings is 2. The molecule has 2 N–H and O–H groups in total. The molecule has 2 aromatic heterocycles. The summed E-state index contributed by atoms with van der Waals surface area (Å²) in [4.78, 5) is 30.5. The normalized spacial score (nSPS) is 13.3. The van der Waals surface area contributed by atoms with Gasteiger partial charge < -0.3 is 24.7 Å². The number of fused-ring (bicyclic) bond motifs is 2. The highest BCUT2D eigenvalue weighted by Gasteiger charge is 2.25. The highest BCUT2D eigenvalue weighted by Crippen LogP contribution is 2.32. The predicted octanol–water partition coefficient (Wildman–Crippen LogP) is 3.89. The number of nitrogens with one attached hydrogen (secondary N) is 2. The van der Waals surface area contributed by atoms with Gasteiger partial charge in [-0.3, -0.25) is 9.59 Å². The monoisotopic (exact) mass is 476 g/mol.